The van der Waals surface area contributed by atoms with Crippen LogP contribution in [0.25, 0.3) is 21.8 Å². The van der Waals surface area contributed by atoms with Crippen molar-refractivity contribution in [1.82, 2.24) is 9.55 Å². The average Bonchev–Trinajstić information content (AvgIpc) is 3.28. The molecule has 4 rings (SSSR count). The smallest absolute Gasteiger partial charge is 0.354 e. The number of aromatic nitrogens is 2. The second kappa shape index (κ2) is 8.84. The summed E-state index contributed by atoms with van der Waals surface area (Å²) in [5.74, 6) is -0.665. The van der Waals surface area contributed by atoms with Gasteiger partial charge in [0.15, 0.2) is 0 Å². The van der Waals surface area contributed by atoms with Crippen molar-refractivity contribution in [2.45, 2.75) is 0 Å². The summed E-state index contributed by atoms with van der Waals surface area (Å²) in [5.41, 5.74) is 2.95. The minimum Gasteiger partial charge on any atom is -0.464 e. The van der Waals surface area contributed by atoms with Crippen LogP contribution in [0.2, 0.25) is 0 Å². The predicted molar refractivity (Wildman–Crippen MR) is 119 cm³/mol. The van der Waals surface area contributed by atoms with Crippen molar-refractivity contribution < 1.29 is 19.1 Å². The highest BCUT2D eigenvalue weighted by atomic mass is 79.9. The normalized spacial score (nSPS) is 10.5. The lowest BCUT2D eigenvalue weighted by atomic mass is 10.2. The van der Waals surface area contributed by atoms with Crippen molar-refractivity contribution in [3.63, 3.8) is 0 Å². The molecule has 0 atom stereocenters. The zero-order valence-corrected chi connectivity index (χ0v) is 19.1. The number of nitrogens with one attached hydrogen (secondary N) is 1. The lowest BCUT2D eigenvalue weighted by Crippen LogP contribution is -2.06. The van der Waals surface area contributed by atoms with Crippen molar-refractivity contribution in [2.24, 2.45) is 7.05 Å². The van der Waals surface area contributed by atoms with E-state index in [1.54, 1.807) is 6.07 Å². The van der Waals surface area contributed by atoms with Crippen LogP contribution in [-0.2, 0) is 16.5 Å². The van der Waals surface area contributed by atoms with E-state index in [0.717, 1.165) is 30.8 Å². The number of aryl methyl sites for hydroxylation is 1. The number of aromatic amines is 1. The van der Waals surface area contributed by atoms with E-state index in [1.165, 1.54) is 14.2 Å². The van der Waals surface area contributed by atoms with Crippen LogP contribution in [0.15, 0.2) is 57.5 Å². The van der Waals surface area contributed by atoms with Gasteiger partial charge in [0.1, 0.15) is 11.4 Å². The molecule has 2 heterocycles. The number of carbonyl (C=O) groups is 2. The average molecular weight is 522 g/mol. The van der Waals surface area contributed by atoms with E-state index in [1.807, 2.05) is 54.1 Å². The van der Waals surface area contributed by atoms with Crippen LogP contribution in [0.4, 0.5) is 0 Å². The summed E-state index contributed by atoms with van der Waals surface area (Å²) in [5, 5.41) is 2.02. The molecule has 0 bridgehead atoms. The molecule has 0 fully saturated rings. The van der Waals surface area contributed by atoms with Gasteiger partial charge in [-0.2, -0.15) is 0 Å². The Bertz CT molecular complexity index is 1210. The molecule has 29 heavy (non-hydrogen) atoms. The maximum atomic E-state index is 11.4. The Morgan fingerprint density at radius 1 is 0.862 bits per heavy atom. The Balaban J connectivity index is 0.000000166. The van der Waals surface area contributed by atoms with Gasteiger partial charge in [-0.3, -0.25) is 0 Å². The molecule has 0 aliphatic rings. The van der Waals surface area contributed by atoms with Gasteiger partial charge in [0.25, 0.3) is 0 Å². The van der Waals surface area contributed by atoms with Crippen molar-refractivity contribution in [3.8, 4) is 0 Å². The Hall–Kier alpha value is -2.58. The van der Waals surface area contributed by atoms with E-state index in [-0.39, 0.29) is 11.9 Å². The number of halogens is 2. The van der Waals surface area contributed by atoms with Crippen LogP contribution >= 0.6 is 31.9 Å². The number of hydrogen-bond donors (Lipinski definition) is 1. The zero-order valence-electron chi connectivity index (χ0n) is 16.0. The number of fused-ring (bicyclic) bond motifs is 2. The summed E-state index contributed by atoms with van der Waals surface area (Å²) in [6.45, 7) is 0. The van der Waals surface area contributed by atoms with E-state index in [9.17, 15) is 9.59 Å². The Morgan fingerprint density at radius 2 is 1.48 bits per heavy atom. The molecule has 0 radical (unpaired) electrons. The first-order valence-corrected chi connectivity index (χ1v) is 10.1. The van der Waals surface area contributed by atoms with Gasteiger partial charge in [-0.15, -0.1) is 0 Å². The molecule has 6 nitrogen and oxygen atoms in total. The fraction of sp³-hybridized carbons (Fsp3) is 0.143. The molecule has 4 aromatic rings. The van der Waals surface area contributed by atoms with Gasteiger partial charge in [0.2, 0.25) is 0 Å². The van der Waals surface area contributed by atoms with Crippen molar-refractivity contribution in [3.05, 3.63) is 68.9 Å². The first-order valence-electron chi connectivity index (χ1n) is 8.54. The molecule has 0 aliphatic heterocycles. The van der Waals surface area contributed by atoms with E-state index in [0.29, 0.717) is 11.4 Å². The molecular weight excluding hydrogens is 504 g/mol. The third-order valence-corrected chi connectivity index (χ3v) is 5.38. The number of methoxy groups -OCH3 is 2. The molecule has 0 aliphatic carbocycles. The molecular formula is C21H18Br2N2O4. The molecule has 8 heteroatoms. The van der Waals surface area contributed by atoms with Crippen molar-refractivity contribution >= 4 is 65.6 Å². The molecule has 0 saturated carbocycles. The largest absolute Gasteiger partial charge is 0.464 e. The first kappa shape index (κ1) is 21.1. The number of benzene rings is 2. The lowest BCUT2D eigenvalue weighted by Gasteiger charge is -2.01. The first-order chi connectivity index (χ1) is 13.8. The molecule has 1 N–H and O–H groups in total. The second-order valence-corrected chi connectivity index (χ2v) is 8.02. The van der Waals surface area contributed by atoms with Gasteiger partial charge in [-0.1, -0.05) is 44.0 Å². The quantitative estimate of drug-likeness (QED) is 0.356. The van der Waals surface area contributed by atoms with Crippen molar-refractivity contribution in [1.29, 1.82) is 0 Å². The van der Waals surface area contributed by atoms with Gasteiger partial charge in [0.05, 0.1) is 14.2 Å². The van der Waals surface area contributed by atoms with Gasteiger partial charge in [-0.05, 0) is 36.4 Å². The molecule has 150 valence electrons. The maximum Gasteiger partial charge on any atom is 0.354 e. The van der Waals surface area contributed by atoms with Crippen molar-refractivity contribution in [2.75, 3.05) is 14.2 Å². The minimum absolute atomic E-state index is 0.315. The molecule has 0 amide bonds. The van der Waals surface area contributed by atoms with Gasteiger partial charge < -0.3 is 19.0 Å². The molecule has 0 unspecified atom stereocenters. The maximum absolute atomic E-state index is 11.4. The monoisotopic (exact) mass is 520 g/mol. The van der Waals surface area contributed by atoms with Gasteiger partial charge in [0, 0.05) is 37.8 Å². The molecule has 0 saturated heterocycles. The Kier molecular flexibility index (Phi) is 6.44. The number of H-pyrrole nitrogens is 1. The van der Waals surface area contributed by atoms with Crippen LogP contribution < -0.4 is 0 Å². The predicted octanol–water partition coefficient (Wildman–Crippen LogP) is 5.44. The van der Waals surface area contributed by atoms with Crippen LogP contribution in [0, 0.1) is 0 Å². The summed E-state index contributed by atoms with van der Waals surface area (Å²) in [6, 6.07) is 15.3. The molecule has 0 spiro atoms. The number of nitrogens with zero attached hydrogens (tertiary/aromatic N) is 1. The zero-order chi connectivity index (χ0) is 21.1. The summed E-state index contributed by atoms with van der Waals surface area (Å²) in [4.78, 5) is 25.6. The third-order valence-electron chi connectivity index (χ3n) is 4.39. The second-order valence-electron chi connectivity index (χ2n) is 6.19. The highest BCUT2D eigenvalue weighted by Crippen LogP contribution is 2.23. The van der Waals surface area contributed by atoms with Gasteiger partial charge in [-0.25, -0.2) is 9.59 Å². The number of ether oxygens (including phenoxy) is 2. The van der Waals surface area contributed by atoms with E-state index >= 15 is 0 Å². The standard InChI is InChI=1S/C11H10BrNO2.C10H8BrNO2/c1-13-9-6-8(12)4-3-7(9)5-10(13)11(14)15-2;1-14-10(13)9-4-6-2-3-7(11)5-8(6)12-9/h3-6H,1-2H3;2-5,12H,1H3. The number of rotatable bonds is 2. The Morgan fingerprint density at radius 3 is 2.14 bits per heavy atom. The van der Waals surface area contributed by atoms with E-state index < -0.39 is 0 Å². The summed E-state index contributed by atoms with van der Waals surface area (Å²) in [6.07, 6.45) is 0. The SMILES string of the molecule is COC(=O)c1cc2ccc(Br)cc2[nH]1.COC(=O)c1cc2ccc(Br)cc2n1C. The number of esters is 2. The van der Waals surface area contributed by atoms with Crippen LogP contribution in [0.1, 0.15) is 21.0 Å². The fourth-order valence-corrected chi connectivity index (χ4v) is 3.63. The third kappa shape index (κ3) is 4.54. The summed E-state index contributed by atoms with van der Waals surface area (Å²) < 4.78 is 13.1. The van der Waals surface area contributed by atoms with E-state index in [4.69, 9.17) is 4.74 Å². The van der Waals surface area contributed by atoms with Crippen LogP contribution in [0.5, 0.6) is 0 Å². The van der Waals surface area contributed by atoms with Crippen LogP contribution in [0.3, 0.4) is 0 Å². The van der Waals surface area contributed by atoms with E-state index in [2.05, 4.69) is 41.6 Å². The summed E-state index contributed by atoms with van der Waals surface area (Å²) >= 11 is 6.76. The highest BCUT2D eigenvalue weighted by Gasteiger charge is 2.13. The summed E-state index contributed by atoms with van der Waals surface area (Å²) in [7, 11) is 4.60. The highest BCUT2D eigenvalue weighted by molar-refractivity contribution is 9.10. The van der Waals surface area contributed by atoms with Gasteiger partial charge >= 0.3 is 11.9 Å². The molecule has 2 aromatic heterocycles. The topological polar surface area (TPSA) is 73.3 Å². The fourth-order valence-electron chi connectivity index (χ4n) is 2.92. The Labute approximate surface area is 184 Å². The minimum atomic E-state index is -0.350. The lowest BCUT2D eigenvalue weighted by molar-refractivity contribution is 0.0583. The number of carbonyl (C=O) groups excluding carboxylic acids is 2. The number of hydrogen-bond acceptors (Lipinski definition) is 4. The van der Waals surface area contributed by atoms with Crippen LogP contribution in [-0.4, -0.2) is 35.7 Å². The molecule has 2 aromatic carbocycles.